The van der Waals surface area contributed by atoms with Gasteiger partial charge in [0.05, 0.1) is 11.4 Å². The van der Waals surface area contributed by atoms with Crippen LogP contribution in [-0.2, 0) is 12.8 Å². The number of ether oxygens (including phenoxy) is 2. The zero-order valence-corrected chi connectivity index (χ0v) is 24.4. The summed E-state index contributed by atoms with van der Waals surface area (Å²) in [6.07, 6.45) is 17.1. The number of aryl methyl sites for hydroxylation is 1. The second-order valence-electron chi connectivity index (χ2n) is 12.7. The molecule has 0 aliphatic carbocycles. The Kier molecular flexibility index (Phi) is 7.30. The molecule has 0 bridgehead atoms. The predicted octanol–water partition coefficient (Wildman–Crippen LogP) is 5.94. The molecular formula is C35H42N4O2. The van der Waals surface area contributed by atoms with Crippen molar-refractivity contribution in [1.82, 2.24) is 9.80 Å². The number of likely N-dealkylation sites (tertiary alicyclic amines) is 2. The molecule has 6 aliphatic heterocycles. The van der Waals surface area contributed by atoms with Crippen molar-refractivity contribution in [3.05, 3.63) is 82.7 Å². The summed E-state index contributed by atoms with van der Waals surface area (Å²) in [5.41, 5.74) is 6.69. The number of allylic oxidation sites excluding steroid dienone is 2. The van der Waals surface area contributed by atoms with Gasteiger partial charge >= 0.3 is 0 Å². The van der Waals surface area contributed by atoms with E-state index in [1.54, 1.807) is 0 Å². The van der Waals surface area contributed by atoms with Crippen LogP contribution in [-0.4, -0.2) is 72.7 Å². The Hall–Kier alpha value is -3.22. The second kappa shape index (κ2) is 11.2. The number of para-hydroxylation sites is 1. The molecule has 2 spiro atoms. The number of benzene rings is 2. The lowest BCUT2D eigenvalue weighted by Gasteiger charge is -2.38. The first kappa shape index (κ1) is 26.7. The topological polar surface area (TPSA) is 49.7 Å². The lowest BCUT2D eigenvalue weighted by Crippen LogP contribution is -2.47. The molecule has 0 aromatic heterocycles. The maximum atomic E-state index is 6.34. The smallest absolute Gasteiger partial charge is 0.123 e. The molecule has 0 amide bonds. The second-order valence-corrected chi connectivity index (χ2v) is 12.7. The average molecular weight is 551 g/mol. The average Bonchev–Trinajstić information content (AvgIpc) is 3.79. The minimum Gasteiger partial charge on any atom is -0.487 e. The molecule has 0 unspecified atom stereocenters. The number of piperidine rings is 2. The van der Waals surface area contributed by atoms with Crippen molar-refractivity contribution in [2.24, 2.45) is 9.98 Å². The van der Waals surface area contributed by atoms with Crippen LogP contribution in [0.3, 0.4) is 0 Å². The van der Waals surface area contributed by atoms with Gasteiger partial charge in [0.1, 0.15) is 22.7 Å². The van der Waals surface area contributed by atoms with E-state index in [0.29, 0.717) is 0 Å². The van der Waals surface area contributed by atoms with Crippen LogP contribution in [0.1, 0.15) is 55.2 Å². The van der Waals surface area contributed by atoms with E-state index in [2.05, 4.69) is 81.3 Å². The van der Waals surface area contributed by atoms with E-state index in [1.165, 1.54) is 28.1 Å². The summed E-state index contributed by atoms with van der Waals surface area (Å²) in [5, 5.41) is 0. The molecule has 214 valence electrons. The maximum Gasteiger partial charge on any atom is 0.123 e. The van der Waals surface area contributed by atoms with Gasteiger partial charge in [-0.3, -0.25) is 19.8 Å². The Morgan fingerprint density at radius 1 is 0.683 bits per heavy atom. The van der Waals surface area contributed by atoms with Crippen molar-refractivity contribution >= 4 is 12.4 Å². The first-order valence-electron chi connectivity index (χ1n) is 15.5. The van der Waals surface area contributed by atoms with Gasteiger partial charge in [-0.1, -0.05) is 48.0 Å². The molecule has 0 N–H and O–H groups in total. The molecule has 6 heterocycles. The largest absolute Gasteiger partial charge is 0.487 e. The molecule has 2 aromatic rings. The van der Waals surface area contributed by atoms with Gasteiger partial charge in [0.25, 0.3) is 0 Å². The van der Waals surface area contributed by atoms with Crippen LogP contribution in [0, 0.1) is 6.92 Å². The minimum atomic E-state index is 0.0555. The van der Waals surface area contributed by atoms with E-state index >= 15 is 0 Å². The van der Waals surface area contributed by atoms with Gasteiger partial charge in [-0.25, -0.2) is 0 Å². The normalized spacial score (nSPS) is 23.4. The number of rotatable bonds is 4. The fourth-order valence-corrected chi connectivity index (χ4v) is 7.22. The molecule has 8 rings (SSSR count). The molecule has 6 heteroatoms. The fourth-order valence-electron chi connectivity index (χ4n) is 7.22. The maximum absolute atomic E-state index is 6.34. The van der Waals surface area contributed by atoms with Crippen LogP contribution in [0.4, 0.5) is 0 Å². The van der Waals surface area contributed by atoms with Gasteiger partial charge in [-0.05, 0) is 30.2 Å². The number of fused-ring (bicyclic) bond motifs is 2. The van der Waals surface area contributed by atoms with E-state index in [4.69, 9.17) is 9.47 Å². The summed E-state index contributed by atoms with van der Waals surface area (Å²) in [6.45, 7) is 8.60. The van der Waals surface area contributed by atoms with Gasteiger partial charge < -0.3 is 9.47 Å². The molecule has 2 aromatic carbocycles. The van der Waals surface area contributed by atoms with Gasteiger partial charge in [0, 0.05) is 103 Å². The number of aliphatic imine (C=N–C) groups is 2. The van der Waals surface area contributed by atoms with Gasteiger partial charge in [-0.15, -0.1) is 0 Å². The Bertz CT molecular complexity index is 1360. The van der Waals surface area contributed by atoms with Gasteiger partial charge in [0.2, 0.25) is 0 Å². The fraction of sp³-hybridized carbons (Fsp3) is 0.486. The molecule has 0 saturated carbocycles. The van der Waals surface area contributed by atoms with Crippen LogP contribution >= 0.6 is 0 Å². The quantitative estimate of drug-likeness (QED) is 0.473. The Balaban J connectivity index is 0.000000135. The van der Waals surface area contributed by atoms with E-state index in [0.717, 1.165) is 102 Å². The third-order valence-electron chi connectivity index (χ3n) is 9.60. The first-order valence-corrected chi connectivity index (χ1v) is 15.5. The Morgan fingerprint density at radius 3 is 1.76 bits per heavy atom. The van der Waals surface area contributed by atoms with E-state index < -0.39 is 0 Å². The number of nitrogens with zero attached hydrogens (tertiary/aromatic N) is 4. The summed E-state index contributed by atoms with van der Waals surface area (Å²) in [7, 11) is 0. The highest BCUT2D eigenvalue weighted by Crippen LogP contribution is 2.42. The van der Waals surface area contributed by atoms with E-state index in [-0.39, 0.29) is 11.2 Å². The SMILES string of the molecule is C1=NC(CN2CCC3(CC2)Cc2ccccc2O3)=CC1.Cc1ccc2c(c1)CC1(CCN(CC3=CCC=N3)CC1)O2. The van der Waals surface area contributed by atoms with Crippen molar-refractivity contribution in [1.29, 1.82) is 0 Å². The highest BCUT2D eigenvalue weighted by molar-refractivity contribution is 5.65. The summed E-state index contributed by atoms with van der Waals surface area (Å²) < 4.78 is 12.6. The lowest BCUT2D eigenvalue weighted by atomic mass is 9.87. The molecule has 6 nitrogen and oxygen atoms in total. The molecule has 41 heavy (non-hydrogen) atoms. The van der Waals surface area contributed by atoms with Gasteiger partial charge in [0.15, 0.2) is 0 Å². The highest BCUT2D eigenvalue weighted by atomic mass is 16.5. The van der Waals surface area contributed by atoms with Crippen molar-refractivity contribution in [2.75, 3.05) is 39.3 Å². The molecule has 6 aliphatic rings. The van der Waals surface area contributed by atoms with Crippen molar-refractivity contribution in [3.8, 4) is 11.5 Å². The summed E-state index contributed by atoms with van der Waals surface area (Å²) in [4.78, 5) is 13.9. The van der Waals surface area contributed by atoms with Crippen LogP contribution < -0.4 is 9.47 Å². The number of hydrogen-bond donors (Lipinski definition) is 0. The number of hydrogen-bond acceptors (Lipinski definition) is 6. The van der Waals surface area contributed by atoms with Crippen LogP contribution in [0.2, 0.25) is 0 Å². The monoisotopic (exact) mass is 550 g/mol. The van der Waals surface area contributed by atoms with Crippen LogP contribution in [0.5, 0.6) is 11.5 Å². The van der Waals surface area contributed by atoms with E-state index in [1.807, 2.05) is 12.4 Å². The Morgan fingerprint density at radius 2 is 1.22 bits per heavy atom. The Labute approximate surface area is 244 Å². The van der Waals surface area contributed by atoms with Crippen molar-refractivity contribution in [3.63, 3.8) is 0 Å². The summed E-state index contributed by atoms with van der Waals surface area (Å²) in [5.74, 6) is 2.21. The molecule has 2 fully saturated rings. The molecule has 2 saturated heterocycles. The zero-order valence-electron chi connectivity index (χ0n) is 24.4. The van der Waals surface area contributed by atoms with Crippen LogP contribution in [0.25, 0.3) is 0 Å². The summed E-state index contributed by atoms with van der Waals surface area (Å²) in [6, 6.07) is 15.1. The third kappa shape index (κ3) is 5.91. The third-order valence-corrected chi connectivity index (χ3v) is 9.60. The lowest BCUT2D eigenvalue weighted by molar-refractivity contribution is 0.0219. The van der Waals surface area contributed by atoms with Crippen molar-refractivity contribution in [2.45, 2.75) is 69.5 Å². The zero-order chi connectivity index (χ0) is 27.7. The highest BCUT2D eigenvalue weighted by Gasteiger charge is 2.43. The molecule has 0 atom stereocenters. The predicted molar refractivity (Wildman–Crippen MR) is 165 cm³/mol. The summed E-state index contributed by atoms with van der Waals surface area (Å²) >= 11 is 0. The van der Waals surface area contributed by atoms with Gasteiger partial charge in [-0.2, -0.15) is 0 Å². The standard InChI is InChI=1S/C18H22N2O.C17H20N2O/c1-14-4-5-17-15(11-14)12-18(21-17)6-9-20(10-7-18)13-16-3-2-8-19-16;1-2-6-16-14(4-1)12-17(20-16)7-10-19(11-8-17)13-15-5-3-9-18-15/h3-5,8,11H,2,6-7,9-10,12-13H2,1H3;1-2,4-6,9H,3,7-8,10-13H2. The molecular weight excluding hydrogens is 508 g/mol. The first-order chi connectivity index (χ1) is 20.1. The van der Waals surface area contributed by atoms with Crippen LogP contribution in [0.15, 0.2) is 76.0 Å². The minimum absolute atomic E-state index is 0.0555. The molecule has 0 radical (unpaired) electrons. The van der Waals surface area contributed by atoms with E-state index in [9.17, 15) is 0 Å². The van der Waals surface area contributed by atoms with Crippen molar-refractivity contribution < 1.29 is 9.47 Å².